The molecule has 1 amide bonds. The van der Waals surface area contributed by atoms with E-state index < -0.39 is 11.9 Å². The summed E-state index contributed by atoms with van der Waals surface area (Å²) in [5.41, 5.74) is 0.491. The fraction of sp³-hybridized carbons (Fsp3) is 0.133. The summed E-state index contributed by atoms with van der Waals surface area (Å²) in [7, 11) is 0. The maximum absolute atomic E-state index is 12.2. The lowest BCUT2D eigenvalue weighted by atomic mass is 10.1. The van der Waals surface area contributed by atoms with E-state index in [1.807, 2.05) is 6.07 Å². The largest absolute Gasteiger partial charge is 0.478 e. The van der Waals surface area contributed by atoms with Gasteiger partial charge in [-0.2, -0.15) is 0 Å². The van der Waals surface area contributed by atoms with Gasteiger partial charge >= 0.3 is 5.97 Å². The van der Waals surface area contributed by atoms with Crippen LogP contribution < -0.4 is 5.32 Å². The molecular formula is C15H13ClN2O3. The van der Waals surface area contributed by atoms with Crippen molar-refractivity contribution in [3.05, 3.63) is 64.4 Å². The van der Waals surface area contributed by atoms with Crippen molar-refractivity contribution in [2.75, 3.05) is 0 Å². The third kappa shape index (κ3) is 3.38. The van der Waals surface area contributed by atoms with Gasteiger partial charge < -0.3 is 10.4 Å². The number of carboxylic acid groups (broad SMARTS) is 1. The predicted molar refractivity (Wildman–Crippen MR) is 78.5 cm³/mol. The molecule has 6 heteroatoms. The van der Waals surface area contributed by atoms with Crippen LogP contribution in [0.4, 0.5) is 0 Å². The number of carboxylic acids is 1. The fourth-order valence-corrected chi connectivity index (χ4v) is 2.23. The third-order valence-electron chi connectivity index (χ3n) is 2.97. The summed E-state index contributed by atoms with van der Waals surface area (Å²) >= 11 is 6.07. The summed E-state index contributed by atoms with van der Waals surface area (Å²) in [4.78, 5) is 27.1. The molecule has 0 aliphatic carbocycles. The Kier molecular flexibility index (Phi) is 4.55. The lowest BCUT2D eigenvalue weighted by Crippen LogP contribution is -2.29. The highest BCUT2D eigenvalue weighted by molar-refractivity contribution is 6.31. The molecule has 0 bridgehead atoms. The summed E-state index contributed by atoms with van der Waals surface area (Å²) in [6, 6.07) is 9.57. The SMILES string of the molecule is C[C@H](NC(=O)c1ncccc1C(=O)O)c1ccccc1Cl. The lowest BCUT2D eigenvalue weighted by Gasteiger charge is -2.16. The Morgan fingerprint density at radius 1 is 1.24 bits per heavy atom. The summed E-state index contributed by atoms with van der Waals surface area (Å²) in [6.45, 7) is 1.77. The smallest absolute Gasteiger partial charge is 0.338 e. The third-order valence-corrected chi connectivity index (χ3v) is 3.32. The number of nitrogens with one attached hydrogen (secondary N) is 1. The summed E-state index contributed by atoms with van der Waals surface area (Å²) in [6.07, 6.45) is 1.38. The number of hydrogen-bond donors (Lipinski definition) is 2. The average Bonchev–Trinajstić information content (AvgIpc) is 2.47. The van der Waals surface area contributed by atoms with Gasteiger partial charge in [0.1, 0.15) is 5.69 Å². The summed E-state index contributed by atoms with van der Waals surface area (Å²) in [5.74, 6) is -1.75. The van der Waals surface area contributed by atoms with Gasteiger partial charge in [-0.3, -0.25) is 9.78 Å². The van der Waals surface area contributed by atoms with E-state index in [0.717, 1.165) is 5.56 Å². The number of benzene rings is 1. The minimum absolute atomic E-state index is 0.121. The molecule has 5 nitrogen and oxygen atoms in total. The van der Waals surface area contributed by atoms with Gasteiger partial charge in [-0.15, -0.1) is 0 Å². The highest BCUT2D eigenvalue weighted by Crippen LogP contribution is 2.22. The number of rotatable bonds is 4. The molecule has 2 rings (SSSR count). The number of carbonyl (C=O) groups excluding carboxylic acids is 1. The first-order valence-corrected chi connectivity index (χ1v) is 6.62. The van der Waals surface area contributed by atoms with E-state index in [4.69, 9.17) is 16.7 Å². The molecule has 2 N–H and O–H groups in total. The molecule has 0 spiro atoms. The second kappa shape index (κ2) is 6.37. The first kappa shape index (κ1) is 15.0. The predicted octanol–water partition coefficient (Wildman–Crippen LogP) is 2.92. The summed E-state index contributed by atoms with van der Waals surface area (Å²) < 4.78 is 0. The summed E-state index contributed by atoms with van der Waals surface area (Å²) in [5, 5.41) is 12.3. The van der Waals surface area contributed by atoms with Crippen molar-refractivity contribution in [2.24, 2.45) is 0 Å². The van der Waals surface area contributed by atoms with Crippen molar-refractivity contribution < 1.29 is 14.7 Å². The topological polar surface area (TPSA) is 79.3 Å². The zero-order valence-corrected chi connectivity index (χ0v) is 12.0. The molecule has 1 aromatic heterocycles. The van der Waals surface area contributed by atoms with Crippen LogP contribution in [-0.4, -0.2) is 22.0 Å². The Morgan fingerprint density at radius 3 is 2.62 bits per heavy atom. The molecule has 0 aliphatic heterocycles. The first-order chi connectivity index (χ1) is 10.0. The Bertz CT molecular complexity index is 688. The molecule has 108 valence electrons. The second-order valence-electron chi connectivity index (χ2n) is 4.42. The van der Waals surface area contributed by atoms with E-state index in [-0.39, 0.29) is 17.3 Å². The van der Waals surface area contributed by atoms with E-state index in [1.165, 1.54) is 18.3 Å². The lowest BCUT2D eigenvalue weighted by molar-refractivity contribution is 0.0689. The number of nitrogens with zero attached hydrogens (tertiary/aromatic N) is 1. The molecule has 0 saturated carbocycles. The van der Waals surface area contributed by atoms with Crippen molar-refractivity contribution in [1.82, 2.24) is 10.3 Å². The van der Waals surface area contributed by atoms with E-state index in [1.54, 1.807) is 25.1 Å². The van der Waals surface area contributed by atoms with Gasteiger partial charge in [-0.1, -0.05) is 29.8 Å². The van der Waals surface area contributed by atoms with Crippen LogP contribution in [0.25, 0.3) is 0 Å². The normalized spacial score (nSPS) is 11.7. The molecule has 0 saturated heterocycles. The maximum Gasteiger partial charge on any atom is 0.338 e. The van der Waals surface area contributed by atoms with E-state index in [9.17, 15) is 9.59 Å². The van der Waals surface area contributed by atoms with Gasteiger partial charge in [0.05, 0.1) is 11.6 Å². The number of amides is 1. The number of carbonyl (C=O) groups is 2. The molecule has 1 atom stereocenters. The van der Waals surface area contributed by atoms with Crippen LogP contribution in [0.2, 0.25) is 5.02 Å². The molecule has 2 aromatic rings. The molecule has 0 aliphatic rings. The second-order valence-corrected chi connectivity index (χ2v) is 4.83. The van der Waals surface area contributed by atoms with Crippen molar-refractivity contribution in [1.29, 1.82) is 0 Å². The highest BCUT2D eigenvalue weighted by Gasteiger charge is 2.20. The van der Waals surface area contributed by atoms with Gasteiger partial charge in [0.2, 0.25) is 0 Å². The van der Waals surface area contributed by atoms with E-state index in [2.05, 4.69) is 10.3 Å². The van der Waals surface area contributed by atoms with Crippen molar-refractivity contribution in [3.8, 4) is 0 Å². The van der Waals surface area contributed by atoms with Crippen LogP contribution in [0.5, 0.6) is 0 Å². The van der Waals surface area contributed by atoms with Crippen molar-refractivity contribution in [3.63, 3.8) is 0 Å². The van der Waals surface area contributed by atoms with Gasteiger partial charge in [-0.25, -0.2) is 4.79 Å². The standard InChI is InChI=1S/C15H13ClN2O3/c1-9(10-5-2-3-7-12(10)16)18-14(19)13-11(15(20)21)6-4-8-17-13/h2-9H,1H3,(H,18,19)(H,20,21)/t9-/m0/s1. The van der Waals surface area contributed by atoms with Crippen molar-refractivity contribution in [2.45, 2.75) is 13.0 Å². The van der Waals surface area contributed by atoms with E-state index in [0.29, 0.717) is 5.02 Å². The van der Waals surface area contributed by atoms with Gasteiger partial charge in [0.15, 0.2) is 0 Å². The van der Waals surface area contributed by atoms with Crippen molar-refractivity contribution >= 4 is 23.5 Å². The Morgan fingerprint density at radius 2 is 1.95 bits per heavy atom. The molecule has 1 aromatic carbocycles. The van der Waals surface area contributed by atoms with Gasteiger partial charge in [-0.05, 0) is 30.7 Å². The van der Waals surface area contributed by atoms with Crippen LogP contribution >= 0.6 is 11.6 Å². The quantitative estimate of drug-likeness (QED) is 0.910. The Hall–Kier alpha value is -2.40. The van der Waals surface area contributed by atoms with Crippen LogP contribution in [0.3, 0.4) is 0 Å². The fourth-order valence-electron chi connectivity index (χ4n) is 1.93. The molecule has 21 heavy (non-hydrogen) atoms. The maximum atomic E-state index is 12.2. The molecular weight excluding hydrogens is 292 g/mol. The Balaban J connectivity index is 2.23. The molecule has 0 unspecified atom stereocenters. The van der Waals surface area contributed by atoms with Gasteiger partial charge in [0, 0.05) is 11.2 Å². The Labute approximate surface area is 126 Å². The van der Waals surface area contributed by atoms with Crippen LogP contribution in [0.1, 0.15) is 39.4 Å². The van der Waals surface area contributed by atoms with Crippen LogP contribution in [0.15, 0.2) is 42.6 Å². The zero-order chi connectivity index (χ0) is 15.4. The van der Waals surface area contributed by atoms with Crippen LogP contribution in [0, 0.1) is 0 Å². The number of hydrogen-bond acceptors (Lipinski definition) is 3. The monoisotopic (exact) mass is 304 g/mol. The molecule has 0 fully saturated rings. The average molecular weight is 305 g/mol. The number of aromatic nitrogens is 1. The minimum Gasteiger partial charge on any atom is -0.478 e. The zero-order valence-electron chi connectivity index (χ0n) is 11.2. The van der Waals surface area contributed by atoms with Gasteiger partial charge in [0.25, 0.3) is 5.91 Å². The first-order valence-electron chi connectivity index (χ1n) is 6.24. The number of halogens is 1. The van der Waals surface area contributed by atoms with Crippen LogP contribution in [-0.2, 0) is 0 Å². The molecule has 0 radical (unpaired) electrons. The van der Waals surface area contributed by atoms with E-state index >= 15 is 0 Å². The minimum atomic E-state index is -1.20. The highest BCUT2D eigenvalue weighted by atomic mass is 35.5. The number of aromatic carboxylic acids is 1. The molecule has 1 heterocycles. The number of pyridine rings is 1.